The first kappa shape index (κ1) is 15.6. The molecule has 2 aromatic rings. The van der Waals surface area contributed by atoms with E-state index < -0.39 is 0 Å². The van der Waals surface area contributed by atoms with Gasteiger partial charge in [0.2, 0.25) is 0 Å². The van der Waals surface area contributed by atoms with Crippen LogP contribution in [0.25, 0.3) is 0 Å². The maximum Gasteiger partial charge on any atom is 0.122 e. The molecule has 0 aliphatic rings. The summed E-state index contributed by atoms with van der Waals surface area (Å²) in [6, 6.07) is 17.0. The first-order valence-corrected chi connectivity index (χ1v) is 7.67. The maximum atomic E-state index is 5.96. The number of hydrogen-bond donors (Lipinski definition) is 1. The van der Waals surface area contributed by atoms with Crippen LogP contribution in [0.4, 0.5) is 0 Å². The highest BCUT2D eigenvalue weighted by molar-refractivity contribution is 5.37. The molecule has 2 N–H and O–H groups in total. The molecule has 0 aliphatic carbocycles. The maximum absolute atomic E-state index is 5.96. The quantitative estimate of drug-likeness (QED) is 0.782. The molecule has 0 aliphatic heterocycles. The van der Waals surface area contributed by atoms with Gasteiger partial charge in [-0.3, -0.25) is 0 Å². The Balaban J connectivity index is 1.87. The third kappa shape index (κ3) is 5.24. The minimum Gasteiger partial charge on any atom is -0.493 e. The number of ether oxygens (including phenoxy) is 1. The number of rotatable bonds is 7. The van der Waals surface area contributed by atoms with Crippen LogP contribution < -0.4 is 10.5 Å². The lowest BCUT2D eigenvalue weighted by Gasteiger charge is -2.14. The summed E-state index contributed by atoms with van der Waals surface area (Å²) in [6.07, 6.45) is 2.93. The van der Waals surface area contributed by atoms with Crippen molar-refractivity contribution in [3.05, 3.63) is 65.2 Å². The highest BCUT2D eigenvalue weighted by Crippen LogP contribution is 2.21. The van der Waals surface area contributed by atoms with Crippen molar-refractivity contribution < 1.29 is 4.74 Å². The largest absolute Gasteiger partial charge is 0.493 e. The van der Waals surface area contributed by atoms with Gasteiger partial charge in [0.15, 0.2) is 0 Å². The summed E-state index contributed by atoms with van der Waals surface area (Å²) in [7, 11) is 0. The van der Waals surface area contributed by atoms with Gasteiger partial charge in [-0.05, 0) is 50.3 Å². The fourth-order valence-electron chi connectivity index (χ4n) is 2.46. The van der Waals surface area contributed by atoms with Crippen LogP contribution in [-0.2, 0) is 12.8 Å². The number of benzene rings is 2. The molecule has 2 nitrogen and oxygen atoms in total. The summed E-state index contributed by atoms with van der Waals surface area (Å²) in [5, 5.41) is 0. The molecule has 0 heterocycles. The van der Waals surface area contributed by atoms with Crippen LogP contribution in [0.15, 0.2) is 48.5 Å². The van der Waals surface area contributed by atoms with Crippen LogP contribution in [0.5, 0.6) is 5.75 Å². The van der Waals surface area contributed by atoms with Gasteiger partial charge >= 0.3 is 0 Å². The van der Waals surface area contributed by atoms with E-state index in [1.807, 2.05) is 13.0 Å². The number of aryl methyl sites for hydroxylation is 2. The second-order valence-electron chi connectivity index (χ2n) is 5.73. The van der Waals surface area contributed by atoms with E-state index in [-0.39, 0.29) is 6.04 Å². The standard InChI is InChI=1S/C19H25NO/c1-15-10-11-19(18(13-15)14-16(2)20)21-12-6-9-17-7-4-3-5-8-17/h3-5,7-8,10-11,13,16H,6,9,12,14,20H2,1-2H3. The van der Waals surface area contributed by atoms with E-state index in [0.29, 0.717) is 0 Å². The van der Waals surface area contributed by atoms with Crippen molar-refractivity contribution in [2.24, 2.45) is 5.73 Å². The molecule has 0 spiro atoms. The number of nitrogens with two attached hydrogens (primary N) is 1. The third-order valence-corrected chi connectivity index (χ3v) is 3.47. The van der Waals surface area contributed by atoms with Crippen LogP contribution in [-0.4, -0.2) is 12.6 Å². The molecule has 0 saturated heterocycles. The van der Waals surface area contributed by atoms with E-state index in [9.17, 15) is 0 Å². The van der Waals surface area contributed by atoms with Crippen molar-refractivity contribution >= 4 is 0 Å². The van der Waals surface area contributed by atoms with E-state index in [1.54, 1.807) is 0 Å². The van der Waals surface area contributed by atoms with E-state index in [0.717, 1.165) is 31.6 Å². The predicted octanol–water partition coefficient (Wildman–Crippen LogP) is 3.90. The third-order valence-electron chi connectivity index (χ3n) is 3.47. The molecule has 1 unspecified atom stereocenters. The second-order valence-corrected chi connectivity index (χ2v) is 5.73. The van der Waals surface area contributed by atoms with Gasteiger partial charge in [-0.1, -0.05) is 48.0 Å². The summed E-state index contributed by atoms with van der Waals surface area (Å²) < 4.78 is 5.96. The lowest BCUT2D eigenvalue weighted by Crippen LogP contribution is -2.18. The van der Waals surface area contributed by atoms with Crippen LogP contribution in [0, 0.1) is 6.92 Å². The topological polar surface area (TPSA) is 35.2 Å². The molecule has 0 fully saturated rings. The zero-order valence-electron chi connectivity index (χ0n) is 13.0. The van der Waals surface area contributed by atoms with Crippen molar-refractivity contribution in [1.29, 1.82) is 0 Å². The summed E-state index contributed by atoms with van der Waals surface area (Å²) in [4.78, 5) is 0. The molecule has 0 aromatic heterocycles. The Morgan fingerprint density at radius 3 is 2.57 bits per heavy atom. The monoisotopic (exact) mass is 283 g/mol. The van der Waals surface area contributed by atoms with Gasteiger partial charge in [0.1, 0.15) is 5.75 Å². The molecule has 112 valence electrons. The molecular formula is C19H25NO. The van der Waals surface area contributed by atoms with Crippen LogP contribution in [0.2, 0.25) is 0 Å². The fraction of sp³-hybridized carbons (Fsp3) is 0.368. The molecule has 2 aromatic carbocycles. The molecule has 1 atom stereocenters. The predicted molar refractivity (Wildman–Crippen MR) is 88.8 cm³/mol. The van der Waals surface area contributed by atoms with Crippen LogP contribution in [0.3, 0.4) is 0 Å². The van der Waals surface area contributed by atoms with Crippen molar-refractivity contribution in [3.63, 3.8) is 0 Å². The Morgan fingerprint density at radius 2 is 1.86 bits per heavy atom. The van der Waals surface area contributed by atoms with Gasteiger partial charge in [0.05, 0.1) is 6.61 Å². The molecule has 2 heteroatoms. The van der Waals surface area contributed by atoms with E-state index in [2.05, 4.69) is 49.4 Å². The molecular weight excluding hydrogens is 258 g/mol. The lowest BCUT2D eigenvalue weighted by molar-refractivity contribution is 0.307. The van der Waals surface area contributed by atoms with Gasteiger partial charge in [-0.2, -0.15) is 0 Å². The molecule has 0 saturated carbocycles. The Labute approximate surface area is 127 Å². The average Bonchev–Trinajstić information content (AvgIpc) is 2.46. The lowest BCUT2D eigenvalue weighted by atomic mass is 10.0. The van der Waals surface area contributed by atoms with Crippen LogP contribution >= 0.6 is 0 Å². The van der Waals surface area contributed by atoms with Gasteiger partial charge in [0.25, 0.3) is 0 Å². The van der Waals surface area contributed by atoms with Crippen molar-refractivity contribution in [3.8, 4) is 5.75 Å². The van der Waals surface area contributed by atoms with Gasteiger partial charge < -0.3 is 10.5 Å². The smallest absolute Gasteiger partial charge is 0.122 e. The SMILES string of the molecule is Cc1ccc(OCCCc2ccccc2)c(CC(C)N)c1. The Morgan fingerprint density at radius 1 is 1.10 bits per heavy atom. The first-order chi connectivity index (χ1) is 10.1. The highest BCUT2D eigenvalue weighted by Gasteiger charge is 2.06. The molecule has 0 bridgehead atoms. The zero-order valence-corrected chi connectivity index (χ0v) is 13.0. The summed E-state index contributed by atoms with van der Waals surface area (Å²) in [5.41, 5.74) is 9.75. The second kappa shape index (κ2) is 7.84. The van der Waals surface area contributed by atoms with E-state index in [1.165, 1.54) is 16.7 Å². The first-order valence-electron chi connectivity index (χ1n) is 7.67. The van der Waals surface area contributed by atoms with Gasteiger partial charge in [-0.25, -0.2) is 0 Å². The number of hydrogen-bond acceptors (Lipinski definition) is 2. The zero-order chi connectivity index (χ0) is 15.1. The summed E-state index contributed by atoms with van der Waals surface area (Å²) >= 11 is 0. The Hall–Kier alpha value is -1.80. The Kier molecular flexibility index (Phi) is 5.82. The molecule has 0 radical (unpaired) electrons. The Bertz CT molecular complexity index is 549. The molecule has 2 rings (SSSR count). The normalized spacial score (nSPS) is 12.1. The average molecular weight is 283 g/mol. The fourth-order valence-corrected chi connectivity index (χ4v) is 2.46. The minimum atomic E-state index is 0.151. The summed E-state index contributed by atoms with van der Waals surface area (Å²) in [5.74, 6) is 0.978. The van der Waals surface area contributed by atoms with E-state index in [4.69, 9.17) is 10.5 Å². The minimum absolute atomic E-state index is 0.151. The highest BCUT2D eigenvalue weighted by atomic mass is 16.5. The summed E-state index contributed by atoms with van der Waals surface area (Å²) in [6.45, 7) is 4.87. The van der Waals surface area contributed by atoms with Gasteiger partial charge in [0, 0.05) is 6.04 Å². The van der Waals surface area contributed by atoms with E-state index >= 15 is 0 Å². The van der Waals surface area contributed by atoms with Crippen LogP contribution in [0.1, 0.15) is 30.0 Å². The van der Waals surface area contributed by atoms with Crippen molar-refractivity contribution in [2.75, 3.05) is 6.61 Å². The molecule has 0 amide bonds. The molecule has 21 heavy (non-hydrogen) atoms. The van der Waals surface area contributed by atoms with Gasteiger partial charge in [-0.15, -0.1) is 0 Å². The van der Waals surface area contributed by atoms with Crippen molar-refractivity contribution in [2.45, 2.75) is 39.2 Å². The van der Waals surface area contributed by atoms with Crippen molar-refractivity contribution in [1.82, 2.24) is 0 Å².